The van der Waals surface area contributed by atoms with E-state index in [0.717, 1.165) is 25.9 Å². The van der Waals surface area contributed by atoms with Gasteiger partial charge < -0.3 is 9.64 Å². The van der Waals surface area contributed by atoms with Gasteiger partial charge in [-0.2, -0.15) is 5.10 Å². The van der Waals surface area contributed by atoms with Crippen molar-refractivity contribution in [1.82, 2.24) is 10.3 Å². The molecule has 2 aliphatic rings. The molecule has 2 aliphatic heterocycles. The molecule has 1 N–H and O–H groups in total. The molecule has 0 saturated carbocycles. The van der Waals surface area contributed by atoms with E-state index in [2.05, 4.69) is 10.5 Å². The molecule has 1 saturated heterocycles. The van der Waals surface area contributed by atoms with Crippen molar-refractivity contribution < 1.29 is 19.1 Å². The Kier molecular flexibility index (Phi) is 4.13. The lowest BCUT2D eigenvalue weighted by Crippen LogP contribution is -2.40. The number of carbonyl (C=O) groups excluding carboxylic acids is 3. The second kappa shape index (κ2) is 5.81. The van der Waals surface area contributed by atoms with Crippen molar-refractivity contribution >= 4 is 23.5 Å². The minimum atomic E-state index is -0.814. The first kappa shape index (κ1) is 13.5. The molecule has 0 spiro atoms. The minimum Gasteiger partial charge on any atom is -0.448 e. The number of nitrogens with zero attached hydrogens (tertiary/aromatic N) is 2. The van der Waals surface area contributed by atoms with Crippen LogP contribution >= 0.6 is 0 Å². The highest BCUT2D eigenvalue weighted by Gasteiger charge is 2.28. The van der Waals surface area contributed by atoms with Gasteiger partial charge in [0.1, 0.15) is 5.71 Å². The number of amides is 2. The normalized spacial score (nSPS) is 20.6. The Morgan fingerprint density at radius 3 is 2.58 bits per heavy atom. The number of nitrogens with one attached hydrogen (secondary N) is 1. The summed E-state index contributed by atoms with van der Waals surface area (Å²) in [6.07, 6.45) is 1.62. The van der Waals surface area contributed by atoms with Gasteiger partial charge in [0.15, 0.2) is 6.10 Å². The van der Waals surface area contributed by atoms with Crippen molar-refractivity contribution in [3.8, 4) is 0 Å². The van der Waals surface area contributed by atoms with Gasteiger partial charge in [-0.3, -0.25) is 9.59 Å². The third-order valence-corrected chi connectivity index (χ3v) is 3.19. The van der Waals surface area contributed by atoms with Gasteiger partial charge in [0, 0.05) is 25.9 Å². The molecule has 1 fully saturated rings. The predicted molar refractivity (Wildman–Crippen MR) is 66.2 cm³/mol. The first-order valence-electron chi connectivity index (χ1n) is 6.43. The van der Waals surface area contributed by atoms with Crippen LogP contribution < -0.4 is 5.43 Å². The zero-order chi connectivity index (χ0) is 13.8. The molecular weight excluding hydrogens is 250 g/mol. The van der Waals surface area contributed by atoms with Crippen LogP contribution in [0.15, 0.2) is 5.10 Å². The van der Waals surface area contributed by atoms with Crippen LogP contribution in [-0.4, -0.2) is 47.6 Å². The number of rotatable bonds is 3. The number of hydrazone groups is 1. The smallest absolute Gasteiger partial charge is 0.355 e. The van der Waals surface area contributed by atoms with Gasteiger partial charge in [0.05, 0.1) is 0 Å². The molecule has 0 aromatic rings. The van der Waals surface area contributed by atoms with Gasteiger partial charge >= 0.3 is 5.97 Å². The molecule has 0 aromatic heterocycles. The fourth-order valence-corrected chi connectivity index (χ4v) is 2.09. The summed E-state index contributed by atoms with van der Waals surface area (Å²) >= 11 is 0. The van der Waals surface area contributed by atoms with Crippen molar-refractivity contribution in [2.24, 2.45) is 5.10 Å². The van der Waals surface area contributed by atoms with E-state index >= 15 is 0 Å². The Balaban J connectivity index is 1.87. The second-order valence-electron chi connectivity index (χ2n) is 4.67. The first-order chi connectivity index (χ1) is 9.08. The van der Waals surface area contributed by atoms with Crippen LogP contribution in [0.25, 0.3) is 0 Å². The van der Waals surface area contributed by atoms with Gasteiger partial charge in [0.2, 0.25) is 5.91 Å². The Morgan fingerprint density at radius 1 is 1.32 bits per heavy atom. The molecule has 7 nitrogen and oxygen atoms in total. The average molecular weight is 267 g/mol. The van der Waals surface area contributed by atoms with Gasteiger partial charge in [-0.15, -0.1) is 0 Å². The molecule has 0 radical (unpaired) electrons. The number of hydrogen-bond acceptors (Lipinski definition) is 5. The molecule has 0 aromatic carbocycles. The Morgan fingerprint density at radius 2 is 2.00 bits per heavy atom. The highest BCUT2D eigenvalue weighted by Crippen LogP contribution is 2.11. The largest absolute Gasteiger partial charge is 0.448 e. The first-order valence-corrected chi connectivity index (χ1v) is 6.43. The molecule has 0 aliphatic carbocycles. The van der Waals surface area contributed by atoms with Crippen LogP contribution in [0.5, 0.6) is 0 Å². The molecule has 0 bridgehead atoms. The molecule has 7 heteroatoms. The highest BCUT2D eigenvalue weighted by molar-refractivity contribution is 6.37. The van der Waals surface area contributed by atoms with Gasteiger partial charge in [-0.05, 0) is 19.8 Å². The molecule has 2 amide bonds. The fraction of sp³-hybridized carbons (Fsp3) is 0.667. The zero-order valence-electron chi connectivity index (χ0n) is 10.8. The van der Waals surface area contributed by atoms with Crippen LogP contribution in [0, 0.1) is 0 Å². The van der Waals surface area contributed by atoms with E-state index < -0.39 is 12.1 Å². The van der Waals surface area contributed by atoms with E-state index in [1.807, 2.05) is 0 Å². The van der Waals surface area contributed by atoms with Gasteiger partial charge in [-0.25, -0.2) is 10.2 Å². The summed E-state index contributed by atoms with van der Waals surface area (Å²) in [7, 11) is 0. The minimum absolute atomic E-state index is 0.153. The van der Waals surface area contributed by atoms with Crippen molar-refractivity contribution in [3.63, 3.8) is 0 Å². The summed E-state index contributed by atoms with van der Waals surface area (Å²) in [5.74, 6) is -1.04. The molecule has 104 valence electrons. The van der Waals surface area contributed by atoms with Crippen molar-refractivity contribution in [2.75, 3.05) is 13.1 Å². The number of likely N-dealkylation sites (tertiary alicyclic amines) is 1. The van der Waals surface area contributed by atoms with Crippen LogP contribution in [0.2, 0.25) is 0 Å². The standard InChI is InChI=1S/C12H17N3O4/c1-8(11(17)15-6-2-3-7-15)19-12(18)9-4-5-10(16)14-13-9/h8H,2-7H2,1H3,(H,14,16)/t8-/m1/s1. The lowest BCUT2D eigenvalue weighted by atomic mass is 10.2. The maximum absolute atomic E-state index is 12.0. The van der Waals surface area contributed by atoms with E-state index in [1.54, 1.807) is 11.8 Å². The molecule has 2 heterocycles. The van der Waals surface area contributed by atoms with E-state index in [0.29, 0.717) is 0 Å². The van der Waals surface area contributed by atoms with Crippen molar-refractivity contribution in [2.45, 2.75) is 38.7 Å². The lowest BCUT2D eigenvalue weighted by Gasteiger charge is -2.21. The molecule has 0 unspecified atom stereocenters. The summed E-state index contributed by atoms with van der Waals surface area (Å²) in [5.41, 5.74) is 2.38. The van der Waals surface area contributed by atoms with Crippen LogP contribution in [0.1, 0.15) is 32.6 Å². The predicted octanol–water partition coefficient (Wildman–Crippen LogP) is -0.194. The van der Waals surface area contributed by atoms with E-state index in [4.69, 9.17) is 4.74 Å². The fourth-order valence-electron chi connectivity index (χ4n) is 2.09. The van der Waals surface area contributed by atoms with Crippen LogP contribution in [0.4, 0.5) is 0 Å². The summed E-state index contributed by atoms with van der Waals surface area (Å²) in [6.45, 7) is 3.00. The molecular formula is C12H17N3O4. The summed E-state index contributed by atoms with van der Waals surface area (Å²) < 4.78 is 5.09. The highest BCUT2D eigenvalue weighted by atomic mass is 16.5. The maximum Gasteiger partial charge on any atom is 0.355 e. The topological polar surface area (TPSA) is 88.1 Å². The quantitative estimate of drug-likeness (QED) is 0.718. The van der Waals surface area contributed by atoms with E-state index in [-0.39, 0.29) is 30.4 Å². The Labute approximate surface area is 111 Å². The molecule has 19 heavy (non-hydrogen) atoms. The third-order valence-electron chi connectivity index (χ3n) is 3.19. The van der Waals surface area contributed by atoms with Crippen LogP contribution in [-0.2, 0) is 19.1 Å². The Bertz CT molecular complexity index is 427. The monoisotopic (exact) mass is 267 g/mol. The van der Waals surface area contributed by atoms with E-state index in [9.17, 15) is 14.4 Å². The third kappa shape index (κ3) is 3.30. The number of hydrogen-bond donors (Lipinski definition) is 1. The van der Waals surface area contributed by atoms with Gasteiger partial charge in [0.25, 0.3) is 5.91 Å². The summed E-state index contributed by atoms with van der Waals surface area (Å²) in [6, 6.07) is 0. The molecule has 1 atom stereocenters. The summed E-state index contributed by atoms with van der Waals surface area (Å²) in [4.78, 5) is 36.3. The second-order valence-corrected chi connectivity index (χ2v) is 4.67. The molecule has 2 rings (SSSR count). The summed E-state index contributed by atoms with van der Waals surface area (Å²) in [5, 5.41) is 3.64. The average Bonchev–Trinajstić information content (AvgIpc) is 2.92. The maximum atomic E-state index is 12.0. The number of ether oxygens (including phenoxy) is 1. The van der Waals surface area contributed by atoms with Crippen LogP contribution in [0.3, 0.4) is 0 Å². The van der Waals surface area contributed by atoms with E-state index in [1.165, 1.54) is 0 Å². The zero-order valence-corrected chi connectivity index (χ0v) is 10.8. The number of esters is 1. The Hall–Kier alpha value is -1.92. The van der Waals surface area contributed by atoms with Crippen molar-refractivity contribution in [3.05, 3.63) is 0 Å². The SMILES string of the molecule is C[C@@H](OC(=O)C1=NNC(=O)CC1)C(=O)N1CCCC1. The van der Waals surface area contributed by atoms with Crippen molar-refractivity contribution in [1.29, 1.82) is 0 Å². The van der Waals surface area contributed by atoms with Gasteiger partial charge in [-0.1, -0.05) is 0 Å². The number of carbonyl (C=O) groups is 3. The lowest BCUT2D eigenvalue weighted by molar-refractivity contribution is -0.153.